The zero-order valence-corrected chi connectivity index (χ0v) is 12.3. The summed E-state index contributed by atoms with van der Waals surface area (Å²) in [5.74, 6) is -0.484. The third-order valence-corrected chi connectivity index (χ3v) is 3.84. The lowest BCUT2D eigenvalue weighted by molar-refractivity contribution is -0.120. The number of aromatic nitrogens is 1. The normalized spacial score (nSPS) is 15.0. The summed E-state index contributed by atoms with van der Waals surface area (Å²) in [6.07, 6.45) is 5.20. The van der Waals surface area contributed by atoms with Crippen molar-refractivity contribution in [2.45, 2.75) is 20.4 Å². The highest BCUT2D eigenvalue weighted by Crippen LogP contribution is 2.31. The van der Waals surface area contributed by atoms with Crippen molar-refractivity contribution in [1.82, 2.24) is 4.57 Å². The maximum atomic E-state index is 14.3. The number of hydrogen-bond acceptors (Lipinski definition) is 4. The van der Waals surface area contributed by atoms with Gasteiger partial charge in [0.2, 0.25) is 0 Å². The summed E-state index contributed by atoms with van der Waals surface area (Å²) in [5, 5.41) is 0. The molecule has 0 radical (unpaired) electrons. The van der Waals surface area contributed by atoms with Gasteiger partial charge in [-0.25, -0.2) is 14.1 Å². The summed E-state index contributed by atoms with van der Waals surface area (Å²) in [7, 11) is 0. The van der Waals surface area contributed by atoms with E-state index >= 15 is 0 Å². The number of imide groups is 1. The molecule has 0 spiro atoms. The lowest BCUT2D eigenvalue weighted by atomic mass is 10.2. The number of rotatable bonds is 2. The summed E-state index contributed by atoms with van der Waals surface area (Å²) in [4.78, 5) is 36.8. The van der Waals surface area contributed by atoms with Gasteiger partial charge in [0, 0.05) is 17.2 Å². The van der Waals surface area contributed by atoms with Crippen molar-refractivity contribution in [3.05, 3.63) is 39.6 Å². The molecule has 0 N–H and O–H groups in total. The number of carbonyl (C=O) groups is 2. The zero-order valence-electron chi connectivity index (χ0n) is 12.3. The second kappa shape index (κ2) is 4.95. The van der Waals surface area contributed by atoms with Crippen LogP contribution in [0.4, 0.5) is 10.1 Å². The van der Waals surface area contributed by atoms with Gasteiger partial charge in [0.1, 0.15) is 0 Å². The molecule has 0 saturated carbocycles. The molecule has 0 atom stereocenters. The van der Waals surface area contributed by atoms with Gasteiger partial charge in [-0.15, -0.1) is 6.42 Å². The van der Waals surface area contributed by atoms with Crippen molar-refractivity contribution in [3.63, 3.8) is 0 Å². The first-order chi connectivity index (χ1) is 10.9. The van der Waals surface area contributed by atoms with E-state index in [1.807, 2.05) is 0 Å². The fraction of sp³-hybridized carbons (Fsp3) is 0.188. The maximum Gasteiger partial charge on any atom is 0.420 e. The zero-order chi connectivity index (χ0) is 16.9. The predicted molar refractivity (Wildman–Crippen MR) is 80.1 cm³/mol. The van der Waals surface area contributed by atoms with E-state index in [9.17, 15) is 18.8 Å². The molecule has 7 heteroatoms. The first kappa shape index (κ1) is 14.8. The molecule has 3 rings (SSSR count). The Morgan fingerprint density at radius 1 is 1.17 bits per heavy atom. The molecular weight excluding hydrogens is 303 g/mol. The van der Waals surface area contributed by atoms with E-state index in [0.29, 0.717) is 0 Å². The van der Waals surface area contributed by atoms with Gasteiger partial charge in [-0.05, 0) is 19.9 Å². The molecule has 0 unspecified atom stereocenters. The molecule has 1 aliphatic heterocycles. The van der Waals surface area contributed by atoms with E-state index in [2.05, 4.69) is 5.92 Å². The number of oxazole rings is 1. The number of amides is 2. The maximum absolute atomic E-state index is 14.3. The average Bonchev–Trinajstić information content (AvgIpc) is 2.90. The Morgan fingerprint density at radius 3 is 2.35 bits per heavy atom. The van der Waals surface area contributed by atoms with E-state index in [1.54, 1.807) is 0 Å². The SMILES string of the molecule is C#CCn1c(=O)oc2cc(F)c(N3C(=O)C(C)=C(C)C3=O)cc21. The van der Waals surface area contributed by atoms with Crippen LogP contribution in [0.5, 0.6) is 0 Å². The van der Waals surface area contributed by atoms with Crippen LogP contribution in [0, 0.1) is 18.2 Å². The van der Waals surface area contributed by atoms with E-state index in [1.165, 1.54) is 19.9 Å². The molecule has 23 heavy (non-hydrogen) atoms. The number of hydrogen-bond donors (Lipinski definition) is 0. The number of anilines is 1. The standard InChI is InChI=1S/C16H11FN2O4/c1-4-5-18-12-7-11(10(17)6-13(12)23-16(18)22)19-14(20)8(2)9(3)15(19)21/h1,6-7H,5H2,2-3H3. The smallest absolute Gasteiger partial charge is 0.408 e. The highest BCUT2D eigenvalue weighted by molar-refractivity contribution is 6.32. The van der Waals surface area contributed by atoms with Crippen molar-refractivity contribution in [2.75, 3.05) is 4.90 Å². The molecule has 1 aromatic heterocycles. The fourth-order valence-electron chi connectivity index (χ4n) is 2.45. The van der Waals surface area contributed by atoms with Gasteiger partial charge >= 0.3 is 5.76 Å². The predicted octanol–water partition coefficient (Wildman–Crippen LogP) is 1.58. The highest BCUT2D eigenvalue weighted by atomic mass is 19.1. The van der Waals surface area contributed by atoms with E-state index < -0.39 is 23.4 Å². The third kappa shape index (κ3) is 1.99. The number of terminal acetylenes is 1. The molecule has 0 fully saturated rings. The van der Waals surface area contributed by atoms with Crippen LogP contribution in [-0.2, 0) is 16.1 Å². The minimum absolute atomic E-state index is 0.00741. The summed E-state index contributed by atoms with van der Waals surface area (Å²) >= 11 is 0. The van der Waals surface area contributed by atoms with Crippen LogP contribution in [0.15, 0.2) is 32.5 Å². The summed E-state index contributed by atoms with van der Waals surface area (Å²) < 4.78 is 20.4. The molecule has 1 aromatic carbocycles. The number of benzene rings is 1. The first-order valence-electron chi connectivity index (χ1n) is 6.69. The quantitative estimate of drug-likeness (QED) is 0.623. The van der Waals surface area contributed by atoms with Crippen LogP contribution in [-0.4, -0.2) is 16.4 Å². The van der Waals surface area contributed by atoms with Gasteiger partial charge in [-0.1, -0.05) is 5.92 Å². The van der Waals surface area contributed by atoms with Crippen molar-refractivity contribution in [2.24, 2.45) is 0 Å². The Hall–Kier alpha value is -3.14. The number of nitrogens with zero attached hydrogens (tertiary/aromatic N) is 2. The molecule has 2 heterocycles. The van der Waals surface area contributed by atoms with Crippen molar-refractivity contribution in [3.8, 4) is 12.3 Å². The molecule has 6 nitrogen and oxygen atoms in total. The Balaban J connectivity index is 2.24. The molecular formula is C16H11FN2O4. The molecule has 1 aliphatic rings. The van der Waals surface area contributed by atoms with Crippen molar-refractivity contribution < 1.29 is 18.4 Å². The summed E-state index contributed by atoms with van der Waals surface area (Å²) in [6, 6.07) is 2.18. The van der Waals surface area contributed by atoms with E-state index in [4.69, 9.17) is 10.8 Å². The monoisotopic (exact) mass is 314 g/mol. The van der Waals surface area contributed by atoms with Crippen LogP contribution >= 0.6 is 0 Å². The summed E-state index contributed by atoms with van der Waals surface area (Å²) in [5.41, 5.74) is 0.472. The van der Waals surface area contributed by atoms with Gasteiger partial charge in [0.25, 0.3) is 11.8 Å². The Morgan fingerprint density at radius 2 is 1.78 bits per heavy atom. The van der Waals surface area contributed by atoms with Gasteiger partial charge in [0.05, 0.1) is 17.7 Å². The summed E-state index contributed by atoms with van der Waals surface area (Å²) in [6.45, 7) is 2.92. The topological polar surface area (TPSA) is 72.5 Å². The molecule has 0 bridgehead atoms. The van der Waals surface area contributed by atoms with Crippen molar-refractivity contribution >= 4 is 28.6 Å². The first-order valence-corrected chi connectivity index (χ1v) is 6.69. The van der Waals surface area contributed by atoms with Gasteiger partial charge in [-0.3, -0.25) is 14.2 Å². The van der Waals surface area contributed by atoms with Crippen LogP contribution in [0.2, 0.25) is 0 Å². The lowest BCUT2D eigenvalue weighted by Gasteiger charge is -2.15. The molecule has 0 aliphatic carbocycles. The molecule has 0 saturated heterocycles. The van der Waals surface area contributed by atoms with Crippen LogP contribution in [0.3, 0.4) is 0 Å². The van der Waals surface area contributed by atoms with Crippen LogP contribution < -0.4 is 10.7 Å². The van der Waals surface area contributed by atoms with E-state index in [0.717, 1.165) is 15.5 Å². The average molecular weight is 314 g/mol. The van der Waals surface area contributed by atoms with Gasteiger partial charge < -0.3 is 4.42 Å². The number of fused-ring (bicyclic) bond motifs is 1. The number of carbonyl (C=O) groups excluding carboxylic acids is 2. The second-order valence-corrected chi connectivity index (χ2v) is 5.13. The Kier molecular flexibility index (Phi) is 3.18. The van der Waals surface area contributed by atoms with E-state index in [-0.39, 0.29) is 34.5 Å². The third-order valence-electron chi connectivity index (χ3n) is 3.84. The van der Waals surface area contributed by atoms with Crippen molar-refractivity contribution in [1.29, 1.82) is 0 Å². The molecule has 116 valence electrons. The van der Waals surface area contributed by atoms with Crippen LogP contribution in [0.25, 0.3) is 11.1 Å². The molecule has 2 amide bonds. The Labute approximate surface area is 129 Å². The number of halogens is 1. The largest absolute Gasteiger partial charge is 0.420 e. The lowest BCUT2D eigenvalue weighted by Crippen LogP contribution is -2.32. The van der Waals surface area contributed by atoms with Gasteiger partial charge in [0.15, 0.2) is 11.4 Å². The van der Waals surface area contributed by atoms with Crippen LogP contribution in [0.1, 0.15) is 13.8 Å². The second-order valence-electron chi connectivity index (χ2n) is 5.13. The minimum Gasteiger partial charge on any atom is -0.408 e. The fourth-order valence-corrected chi connectivity index (χ4v) is 2.45. The molecule has 2 aromatic rings. The minimum atomic E-state index is -0.844. The highest BCUT2D eigenvalue weighted by Gasteiger charge is 2.36. The van der Waals surface area contributed by atoms with Gasteiger partial charge in [-0.2, -0.15) is 0 Å². The Bertz CT molecular complexity index is 979.